The number of pyridine rings is 1. The zero-order valence-corrected chi connectivity index (χ0v) is 16.8. The number of aryl methyl sites for hydroxylation is 1. The van der Waals surface area contributed by atoms with Gasteiger partial charge in [-0.1, -0.05) is 0 Å². The van der Waals surface area contributed by atoms with Crippen molar-refractivity contribution < 1.29 is 14.7 Å². The van der Waals surface area contributed by atoms with Crippen LogP contribution in [0.15, 0.2) is 30.3 Å². The number of nitrogens with zero attached hydrogens (tertiary/aromatic N) is 2. The molecule has 1 amide bonds. The van der Waals surface area contributed by atoms with Crippen LogP contribution >= 0.6 is 0 Å². The smallest absolute Gasteiger partial charge is 0.335 e. The molecule has 6 heteroatoms. The Morgan fingerprint density at radius 2 is 1.96 bits per heavy atom. The molecule has 1 aromatic carbocycles. The number of carbonyl (C=O) groups is 2. The molecule has 1 aliphatic rings. The van der Waals surface area contributed by atoms with Gasteiger partial charge in [-0.25, -0.2) is 9.78 Å². The van der Waals surface area contributed by atoms with Gasteiger partial charge in [0, 0.05) is 18.3 Å². The molecule has 0 atom stereocenters. The SMILES string of the molecule is CCN(c1cc(C2CC2)cc(C(=O)Nc2ccc(C(=O)O)c(C)c2)n1)C(C)C. The molecule has 1 aliphatic carbocycles. The van der Waals surface area contributed by atoms with E-state index in [-0.39, 0.29) is 17.5 Å². The van der Waals surface area contributed by atoms with Crippen LogP contribution in [0.2, 0.25) is 0 Å². The van der Waals surface area contributed by atoms with E-state index >= 15 is 0 Å². The molecule has 0 radical (unpaired) electrons. The van der Waals surface area contributed by atoms with Crippen molar-refractivity contribution in [2.75, 3.05) is 16.8 Å². The first-order valence-electron chi connectivity index (χ1n) is 9.74. The Labute approximate surface area is 165 Å². The maximum Gasteiger partial charge on any atom is 0.335 e. The summed E-state index contributed by atoms with van der Waals surface area (Å²) in [7, 11) is 0. The Morgan fingerprint density at radius 1 is 1.25 bits per heavy atom. The summed E-state index contributed by atoms with van der Waals surface area (Å²) in [6.07, 6.45) is 2.29. The fourth-order valence-electron chi connectivity index (χ4n) is 3.42. The Balaban J connectivity index is 1.89. The number of benzene rings is 1. The number of aromatic nitrogens is 1. The number of carbonyl (C=O) groups excluding carboxylic acids is 1. The molecular formula is C22H27N3O3. The van der Waals surface area contributed by atoms with Crippen LogP contribution in [0.3, 0.4) is 0 Å². The molecule has 0 aliphatic heterocycles. The predicted molar refractivity (Wildman–Crippen MR) is 110 cm³/mol. The lowest BCUT2D eigenvalue weighted by Crippen LogP contribution is -2.31. The van der Waals surface area contributed by atoms with Gasteiger partial charge >= 0.3 is 5.97 Å². The predicted octanol–water partition coefficient (Wildman–Crippen LogP) is 4.45. The molecule has 6 nitrogen and oxygen atoms in total. The van der Waals surface area contributed by atoms with Gasteiger partial charge in [-0.3, -0.25) is 4.79 Å². The van der Waals surface area contributed by atoms with Crippen LogP contribution in [0.4, 0.5) is 11.5 Å². The number of carboxylic acid groups (broad SMARTS) is 1. The number of amides is 1. The van der Waals surface area contributed by atoms with Gasteiger partial charge in [0.15, 0.2) is 0 Å². The lowest BCUT2D eigenvalue weighted by molar-refractivity contribution is 0.0696. The van der Waals surface area contributed by atoms with Crippen molar-refractivity contribution in [3.8, 4) is 0 Å². The standard InChI is InChI=1S/C22H27N3O3/c1-5-25(13(2)3)20-12-16(15-6-7-15)11-19(24-20)21(26)23-17-8-9-18(22(27)28)14(4)10-17/h8-13,15H,5-7H2,1-4H3,(H,23,26)(H,27,28). The van der Waals surface area contributed by atoms with E-state index in [1.807, 2.05) is 6.07 Å². The van der Waals surface area contributed by atoms with Crippen LogP contribution in [-0.2, 0) is 0 Å². The first-order chi connectivity index (χ1) is 13.3. The summed E-state index contributed by atoms with van der Waals surface area (Å²) in [5.74, 6) is 0.0684. The minimum Gasteiger partial charge on any atom is -0.478 e. The van der Waals surface area contributed by atoms with Crippen molar-refractivity contribution in [3.05, 3.63) is 52.7 Å². The van der Waals surface area contributed by atoms with Crippen LogP contribution < -0.4 is 10.2 Å². The normalized spacial score (nSPS) is 13.5. The molecule has 148 valence electrons. The number of rotatable bonds is 7. The zero-order chi connectivity index (χ0) is 20.4. The highest BCUT2D eigenvalue weighted by molar-refractivity contribution is 6.03. The van der Waals surface area contributed by atoms with Gasteiger partial charge in [0.25, 0.3) is 5.91 Å². The van der Waals surface area contributed by atoms with E-state index in [4.69, 9.17) is 5.11 Å². The Morgan fingerprint density at radius 3 is 2.50 bits per heavy atom. The van der Waals surface area contributed by atoms with Crippen molar-refractivity contribution in [2.24, 2.45) is 0 Å². The molecule has 0 spiro atoms. The van der Waals surface area contributed by atoms with Gasteiger partial charge in [-0.05, 0) is 87.9 Å². The molecule has 1 heterocycles. The molecule has 3 rings (SSSR count). The third kappa shape index (κ3) is 4.32. The number of carboxylic acids is 1. The molecule has 0 saturated heterocycles. The second-order valence-electron chi connectivity index (χ2n) is 7.59. The summed E-state index contributed by atoms with van der Waals surface area (Å²) in [5.41, 5.74) is 2.93. The fraction of sp³-hybridized carbons (Fsp3) is 0.409. The van der Waals surface area contributed by atoms with Gasteiger partial charge in [0.2, 0.25) is 0 Å². The lowest BCUT2D eigenvalue weighted by atomic mass is 10.1. The molecule has 0 bridgehead atoms. The molecule has 1 aromatic heterocycles. The van der Waals surface area contributed by atoms with Crippen molar-refractivity contribution in [1.82, 2.24) is 4.98 Å². The van der Waals surface area contributed by atoms with Crippen molar-refractivity contribution in [3.63, 3.8) is 0 Å². The molecule has 28 heavy (non-hydrogen) atoms. The third-order valence-electron chi connectivity index (χ3n) is 5.09. The summed E-state index contributed by atoms with van der Waals surface area (Å²) in [4.78, 5) is 30.8. The van der Waals surface area contributed by atoms with Crippen LogP contribution in [0.1, 0.15) is 71.5 Å². The molecule has 2 N–H and O–H groups in total. The quantitative estimate of drug-likeness (QED) is 0.740. The first-order valence-corrected chi connectivity index (χ1v) is 9.74. The number of nitrogens with one attached hydrogen (secondary N) is 1. The monoisotopic (exact) mass is 381 g/mol. The summed E-state index contributed by atoms with van der Waals surface area (Å²) in [6.45, 7) is 8.83. The lowest BCUT2D eigenvalue weighted by Gasteiger charge is -2.27. The number of aromatic carboxylic acids is 1. The van der Waals surface area contributed by atoms with Gasteiger partial charge < -0.3 is 15.3 Å². The van der Waals surface area contributed by atoms with Crippen molar-refractivity contribution in [1.29, 1.82) is 0 Å². The minimum absolute atomic E-state index is 0.227. The van der Waals surface area contributed by atoms with E-state index in [9.17, 15) is 9.59 Å². The average molecular weight is 381 g/mol. The topological polar surface area (TPSA) is 82.5 Å². The summed E-state index contributed by atoms with van der Waals surface area (Å²) >= 11 is 0. The highest BCUT2D eigenvalue weighted by atomic mass is 16.4. The van der Waals surface area contributed by atoms with Gasteiger partial charge in [-0.2, -0.15) is 0 Å². The van der Waals surface area contributed by atoms with E-state index in [0.29, 0.717) is 22.9 Å². The zero-order valence-electron chi connectivity index (χ0n) is 16.8. The van der Waals surface area contributed by atoms with E-state index in [1.165, 1.54) is 6.07 Å². The molecular weight excluding hydrogens is 354 g/mol. The van der Waals surface area contributed by atoms with Gasteiger partial charge in [0.05, 0.1) is 5.56 Å². The molecule has 2 aromatic rings. The van der Waals surface area contributed by atoms with Crippen molar-refractivity contribution >= 4 is 23.4 Å². The van der Waals surface area contributed by atoms with Crippen LogP contribution in [0.5, 0.6) is 0 Å². The summed E-state index contributed by atoms with van der Waals surface area (Å²) < 4.78 is 0. The average Bonchev–Trinajstić information content (AvgIpc) is 3.46. The highest BCUT2D eigenvalue weighted by Gasteiger charge is 2.26. The minimum atomic E-state index is -0.979. The second-order valence-corrected chi connectivity index (χ2v) is 7.59. The van der Waals surface area contributed by atoms with Crippen molar-refractivity contribution in [2.45, 2.75) is 52.5 Å². The molecule has 0 unspecified atom stereocenters. The summed E-state index contributed by atoms with van der Waals surface area (Å²) in [5, 5.41) is 12.0. The Bertz CT molecular complexity index is 904. The number of hydrogen-bond donors (Lipinski definition) is 2. The largest absolute Gasteiger partial charge is 0.478 e. The van der Waals surface area contributed by atoms with E-state index in [2.05, 4.69) is 42.0 Å². The van der Waals surface area contributed by atoms with Crippen LogP contribution in [0, 0.1) is 6.92 Å². The third-order valence-corrected chi connectivity index (χ3v) is 5.09. The first kappa shape index (κ1) is 19.9. The maximum absolute atomic E-state index is 12.9. The van der Waals surface area contributed by atoms with Gasteiger partial charge in [-0.15, -0.1) is 0 Å². The van der Waals surface area contributed by atoms with Crippen LogP contribution in [0.25, 0.3) is 0 Å². The number of anilines is 2. The Kier molecular flexibility index (Phi) is 5.68. The molecule has 1 fully saturated rings. The van der Waals surface area contributed by atoms with Gasteiger partial charge in [0.1, 0.15) is 11.5 Å². The van der Waals surface area contributed by atoms with E-state index in [0.717, 1.165) is 30.8 Å². The van der Waals surface area contributed by atoms with Crippen LogP contribution in [-0.4, -0.2) is 34.6 Å². The van der Waals surface area contributed by atoms with E-state index < -0.39 is 5.97 Å². The fourth-order valence-corrected chi connectivity index (χ4v) is 3.42. The summed E-state index contributed by atoms with van der Waals surface area (Å²) in [6, 6.07) is 9.04. The molecule has 1 saturated carbocycles. The number of hydrogen-bond acceptors (Lipinski definition) is 4. The van der Waals surface area contributed by atoms with E-state index in [1.54, 1.807) is 19.1 Å². The maximum atomic E-state index is 12.9. The highest BCUT2D eigenvalue weighted by Crippen LogP contribution is 2.41. The second kappa shape index (κ2) is 8.00. The Hall–Kier alpha value is -2.89.